The van der Waals surface area contributed by atoms with Crippen LogP contribution < -0.4 is 10.4 Å². The number of methoxy groups -OCH3 is 1. The van der Waals surface area contributed by atoms with Crippen molar-refractivity contribution < 1.29 is 13.2 Å². The van der Waals surface area contributed by atoms with Gasteiger partial charge in [0.15, 0.2) is 0 Å². The van der Waals surface area contributed by atoms with Crippen LogP contribution in [-0.4, -0.2) is 24.1 Å². The standard InChI is InChI=1S/C17H14Cl2N2O4S/c1-25-13-3-5-14(6-4-13)26(23,24)21-9-8-20(17(21)22)11-12-2-7-15(18)16(19)10-12/h2-10H,11H2,1H3. The van der Waals surface area contributed by atoms with E-state index in [-0.39, 0.29) is 11.4 Å². The summed E-state index contributed by atoms with van der Waals surface area (Å²) in [5.74, 6) is 0.522. The van der Waals surface area contributed by atoms with Gasteiger partial charge in [0.2, 0.25) is 0 Å². The van der Waals surface area contributed by atoms with Crippen molar-refractivity contribution in [1.82, 2.24) is 8.54 Å². The first-order chi connectivity index (χ1) is 12.3. The van der Waals surface area contributed by atoms with Crippen molar-refractivity contribution in [3.05, 3.63) is 81.0 Å². The Kier molecular flexibility index (Phi) is 5.13. The second kappa shape index (κ2) is 7.19. The fourth-order valence-corrected chi connectivity index (χ4v) is 3.95. The Morgan fingerprint density at radius 1 is 1.00 bits per heavy atom. The lowest BCUT2D eigenvalue weighted by molar-refractivity contribution is 0.414. The molecule has 0 unspecified atom stereocenters. The quantitative estimate of drug-likeness (QED) is 0.644. The molecule has 26 heavy (non-hydrogen) atoms. The van der Waals surface area contributed by atoms with E-state index < -0.39 is 15.7 Å². The molecule has 1 aromatic heterocycles. The van der Waals surface area contributed by atoms with Crippen LogP contribution in [0.15, 0.2) is 64.5 Å². The fourth-order valence-electron chi connectivity index (χ4n) is 2.39. The van der Waals surface area contributed by atoms with Gasteiger partial charge < -0.3 is 4.74 Å². The normalized spacial score (nSPS) is 11.5. The number of aromatic nitrogens is 2. The molecule has 0 aliphatic heterocycles. The van der Waals surface area contributed by atoms with E-state index in [1.165, 1.54) is 48.3 Å². The summed E-state index contributed by atoms with van der Waals surface area (Å²) in [6.45, 7) is 0.168. The van der Waals surface area contributed by atoms with E-state index in [0.29, 0.717) is 19.8 Å². The van der Waals surface area contributed by atoms with Crippen molar-refractivity contribution >= 4 is 33.2 Å². The highest BCUT2D eigenvalue weighted by Gasteiger charge is 2.20. The van der Waals surface area contributed by atoms with Gasteiger partial charge in [0.1, 0.15) is 5.75 Å². The van der Waals surface area contributed by atoms with E-state index in [0.717, 1.165) is 5.56 Å². The molecule has 2 aromatic carbocycles. The Hall–Kier alpha value is -2.22. The van der Waals surface area contributed by atoms with Crippen LogP contribution in [0, 0.1) is 0 Å². The van der Waals surface area contributed by atoms with Crippen LogP contribution in [-0.2, 0) is 16.6 Å². The number of hydrogen-bond acceptors (Lipinski definition) is 4. The summed E-state index contributed by atoms with van der Waals surface area (Å²) < 4.78 is 32.4. The highest BCUT2D eigenvalue weighted by atomic mass is 35.5. The summed E-state index contributed by atoms with van der Waals surface area (Å²) in [6.07, 6.45) is 2.63. The minimum atomic E-state index is -4.00. The minimum absolute atomic E-state index is 0.00677. The van der Waals surface area contributed by atoms with Crippen LogP contribution in [0.1, 0.15) is 5.56 Å². The maximum Gasteiger partial charge on any atom is 0.342 e. The molecule has 0 aliphatic carbocycles. The molecule has 0 amide bonds. The van der Waals surface area contributed by atoms with Crippen LogP contribution in [0.3, 0.4) is 0 Å². The van der Waals surface area contributed by atoms with Gasteiger partial charge in [0, 0.05) is 12.4 Å². The molecule has 0 fully saturated rings. The molecule has 0 radical (unpaired) electrons. The van der Waals surface area contributed by atoms with Gasteiger partial charge in [-0.1, -0.05) is 29.3 Å². The molecule has 1 heterocycles. The molecule has 6 nitrogen and oxygen atoms in total. The predicted octanol–water partition coefficient (Wildman–Crippen LogP) is 3.25. The zero-order chi connectivity index (χ0) is 18.9. The Bertz CT molecular complexity index is 1100. The van der Waals surface area contributed by atoms with Gasteiger partial charge in [-0.3, -0.25) is 4.57 Å². The first-order valence-corrected chi connectivity index (χ1v) is 9.64. The lowest BCUT2D eigenvalue weighted by atomic mass is 10.2. The lowest BCUT2D eigenvalue weighted by Gasteiger charge is -2.06. The van der Waals surface area contributed by atoms with Crippen LogP contribution >= 0.6 is 23.2 Å². The fraction of sp³-hybridized carbons (Fsp3) is 0.118. The van der Waals surface area contributed by atoms with Gasteiger partial charge in [-0.15, -0.1) is 0 Å². The highest BCUT2D eigenvalue weighted by molar-refractivity contribution is 7.90. The third-order valence-corrected chi connectivity index (χ3v) is 6.17. The van der Waals surface area contributed by atoms with Crippen molar-refractivity contribution in [2.24, 2.45) is 0 Å². The number of hydrogen-bond donors (Lipinski definition) is 0. The molecule has 0 spiro atoms. The maximum atomic E-state index is 12.7. The molecule has 136 valence electrons. The summed E-state index contributed by atoms with van der Waals surface area (Å²) in [5, 5.41) is 0.768. The van der Waals surface area contributed by atoms with E-state index in [4.69, 9.17) is 27.9 Å². The summed E-state index contributed by atoms with van der Waals surface area (Å²) in [5.41, 5.74) is 0.0491. The van der Waals surface area contributed by atoms with Crippen LogP contribution in [0.5, 0.6) is 5.75 Å². The molecule has 9 heteroatoms. The van der Waals surface area contributed by atoms with Gasteiger partial charge in [-0.2, -0.15) is 3.97 Å². The molecule has 0 atom stereocenters. The molecule has 0 saturated heterocycles. The van der Waals surface area contributed by atoms with E-state index >= 15 is 0 Å². The number of rotatable bonds is 5. The Morgan fingerprint density at radius 2 is 1.69 bits per heavy atom. The summed E-state index contributed by atoms with van der Waals surface area (Å²) in [7, 11) is -2.52. The monoisotopic (exact) mass is 412 g/mol. The van der Waals surface area contributed by atoms with E-state index in [1.54, 1.807) is 18.2 Å². The molecule has 0 aliphatic rings. The average molecular weight is 413 g/mol. The highest BCUT2D eigenvalue weighted by Crippen LogP contribution is 2.23. The summed E-state index contributed by atoms with van der Waals surface area (Å²) >= 11 is 11.8. The molecule has 0 N–H and O–H groups in total. The largest absolute Gasteiger partial charge is 0.497 e. The molecular formula is C17H14Cl2N2O4S. The second-order valence-corrected chi connectivity index (χ2v) is 8.06. The average Bonchev–Trinajstić information content (AvgIpc) is 2.99. The maximum absolute atomic E-state index is 12.7. The summed E-state index contributed by atoms with van der Waals surface area (Å²) in [6, 6.07) is 10.8. The van der Waals surface area contributed by atoms with Gasteiger partial charge >= 0.3 is 5.69 Å². The van der Waals surface area contributed by atoms with Gasteiger partial charge in [0.25, 0.3) is 10.0 Å². The number of halogens is 2. The topological polar surface area (TPSA) is 70.3 Å². The van der Waals surface area contributed by atoms with Gasteiger partial charge in [-0.25, -0.2) is 13.2 Å². The zero-order valence-electron chi connectivity index (χ0n) is 13.6. The molecule has 0 bridgehead atoms. The molecule has 3 aromatic rings. The first kappa shape index (κ1) is 18.6. The molecule has 3 rings (SSSR count). The van der Waals surface area contributed by atoms with Crippen LogP contribution in [0.4, 0.5) is 0 Å². The third kappa shape index (κ3) is 3.51. The van der Waals surface area contributed by atoms with Gasteiger partial charge in [0.05, 0.1) is 28.6 Å². The number of ether oxygens (including phenoxy) is 1. The van der Waals surface area contributed by atoms with E-state index in [1.807, 2.05) is 0 Å². The minimum Gasteiger partial charge on any atom is -0.497 e. The number of nitrogens with zero attached hydrogens (tertiary/aromatic N) is 2. The number of imidazole rings is 1. The molecule has 0 saturated carbocycles. The van der Waals surface area contributed by atoms with Crippen molar-refractivity contribution in [3.63, 3.8) is 0 Å². The predicted molar refractivity (Wildman–Crippen MR) is 99.8 cm³/mol. The van der Waals surface area contributed by atoms with Crippen molar-refractivity contribution in [1.29, 1.82) is 0 Å². The van der Waals surface area contributed by atoms with Crippen LogP contribution in [0.25, 0.3) is 0 Å². The van der Waals surface area contributed by atoms with E-state index in [9.17, 15) is 13.2 Å². The number of benzene rings is 2. The third-order valence-electron chi connectivity index (χ3n) is 3.77. The smallest absolute Gasteiger partial charge is 0.342 e. The van der Waals surface area contributed by atoms with Crippen molar-refractivity contribution in [3.8, 4) is 5.75 Å². The van der Waals surface area contributed by atoms with Gasteiger partial charge in [-0.05, 0) is 42.0 Å². The lowest BCUT2D eigenvalue weighted by Crippen LogP contribution is -2.29. The van der Waals surface area contributed by atoms with E-state index in [2.05, 4.69) is 0 Å². The van der Waals surface area contributed by atoms with Crippen molar-refractivity contribution in [2.45, 2.75) is 11.4 Å². The summed E-state index contributed by atoms with van der Waals surface area (Å²) in [4.78, 5) is 12.5. The second-order valence-electron chi connectivity index (χ2n) is 5.43. The first-order valence-electron chi connectivity index (χ1n) is 7.44. The molecular weight excluding hydrogens is 399 g/mol. The Balaban J connectivity index is 1.94. The zero-order valence-corrected chi connectivity index (χ0v) is 15.9. The SMILES string of the molecule is COc1ccc(S(=O)(=O)n2ccn(Cc3ccc(Cl)c(Cl)c3)c2=O)cc1. The van der Waals surface area contributed by atoms with Crippen molar-refractivity contribution in [2.75, 3.05) is 7.11 Å². The Morgan fingerprint density at radius 3 is 2.31 bits per heavy atom. The van der Waals surface area contributed by atoms with Crippen LogP contribution in [0.2, 0.25) is 10.0 Å². The Labute approximate surface area is 160 Å².